The molecular formula is C13H16NO4-. The summed E-state index contributed by atoms with van der Waals surface area (Å²) in [4.78, 5) is 21.3. The van der Waals surface area contributed by atoms with Gasteiger partial charge in [-0.05, 0) is 25.0 Å². The zero-order valence-corrected chi connectivity index (χ0v) is 10.3. The lowest BCUT2D eigenvalue weighted by atomic mass is 10.2. The van der Waals surface area contributed by atoms with Crippen molar-refractivity contribution in [3.05, 3.63) is 29.8 Å². The third kappa shape index (κ3) is 5.34. The van der Waals surface area contributed by atoms with Gasteiger partial charge in [0, 0.05) is 12.4 Å². The molecule has 0 bridgehead atoms. The maximum absolute atomic E-state index is 11.2. The van der Waals surface area contributed by atoms with E-state index in [1.54, 1.807) is 0 Å². The van der Waals surface area contributed by atoms with Crippen molar-refractivity contribution in [3.8, 4) is 5.75 Å². The summed E-state index contributed by atoms with van der Waals surface area (Å²) >= 11 is 0. The van der Waals surface area contributed by atoms with Crippen molar-refractivity contribution in [2.45, 2.75) is 19.8 Å². The largest absolute Gasteiger partial charge is 0.550 e. The van der Waals surface area contributed by atoms with Gasteiger partial charge in [0.2, 0.25) is 5.91 Å². The Morgan fingerprint density at radius 3 is 2.67 bits per heavy atom. The summed E-state index contributed by atoms with van der Waals surface area (Å²) in [7, 11) is 0. The van der Waals surface area contributed by atoms with E-state index in [2.05, 4.69) is 5.32 Å². The number of aliphatic carboxylic acids is 1. The average molecular weight is 250 g/mol. The van der Waals surface area contributed by atoms with E-state index in [4.69, 9.17) is 4.74 Å². The van der Waals surface area contributed by atoms with Gasteiger partial charge in [-0.2, -0.15) is 0 Å². The molecule has 0 saturated carbocycles. The lowest BCUT2D eigenvalue weighted by Crippen LogP contribution is -2.30. The van der Waals surface area contributed by atoms with Crippen LogP contribution in [0.3, 0.4) is 0 Å². The number of rotatable bonds is 7. The predicted molar refractivity (Wildman–Crippen MR) is 63.9 cm³/mol. The van der Waals surface area contributed by atoms with Crippen LogP contribution < -0.4 is 15.2 Å². The monoisotopic (exact) mass is 250 g/mol. The van der Waals surface area contributed by atoms with Crippen LogP contribution in [-0.2, 0) is 9.59 Å². The number of hydrogen-bond donors (Lipinski definition) is 1. The average Bonchev–Trinajstić information content (AvgIpc) is 2.34. The zero-order valence-electron chi connectivity index (χ0n) is 10.3. The van der Waals surface area contributed by atoms with Crippen LogP contribution in [0.1, 0.15) is 18.4 Å². The Morgan fingerprint density at radius 2 is 2.00 bits per heavy atom. The van der Waals surface area contributed by atoms with Gasteiger partial charge in [0.05, 0.1) is 6.54 Å². The van der Waals surface area contributed by atoms with Crippen molar-refractivity contribution < 1.29 is 19.4 Å². The molecule has 0 aliphatic rings. The first kappa shape index (κ1) is 14.0. The van der Waals surface area contributed by atoms with E-state index in [-0.39, 0.29) is 18.7 Å². The molecule has 1 rings (SSSR count). The minimum absolute atomic E-state index is 0.0628. The van der Waals surface area contributed by atoms with Crippen LogP contribution in [0, 0.1) is 6.92 Å². The molecule has 0 saturated heterocycles. The summed E-state index contributed by atoms with van der Waals surface area (Å²) < 4.78 is 5.47. The Labute approximate surface area is 106 Å². The number of hydrogen-bond acceptors (Lipinski definition) is 4. The lowest BCUT2D eigenvalue weighted by Gasteiger charge is -2.09. The smallest absolute Gasteiger partial charge is 0.220 e. The van der Waals surface area contributed by atoms with E-state index in [9.17, 15) is 14.7 Å². The van der Waals surface area contributed by atoms with Crippen molar-refractivity contribution in [1.29, 1.82) is 0 Å². The quantitative estimate of drug-likeness (QED) is 0.692. The summed E-state index contributed by atoms with van der Waals surface area (Å²) in [6.45, 7) is 2.63. The third-order valence-electron chi connectivity index (χ3n) is 2.33. The van der Waals surface area contributed by atoms with Crippen LogP contribution in [0.25, 0.3) is 0 Å². The van der Waals surface area contributed by atoms with Gasteiger partial charge in [0.25, 0.3) is 0 Å². The van der Waals surface area contributed by atoms with E-state index < -0.39 is 5.97 Å². The van der Waals surface area contributed by atoms with Gasteiger partial charge in [-0.3, -0.25) is 4.79 Å². The molecule has 0 radical (unpaired) electrons. The molecule has 0 atom stereocenters. The number of carboxylic acid groups (broad SMARTS) is 1. The van der Waals surface area contributed by atoms with Gasteiger partial charge in [0.1, 0.15) is 12.4 Å². The number of carbonyl (C=O) groups excluding carboxylic acids is 2. The molecule has 0 aliphatic carbocycles. The lowest BCUT2D eigenvalue weighted by molar-refractivity contribution is -0.305. The van der Waals surface area contributed by atoms with Crippen LogP contribution in [0.15, 0.2) is 24.3 Å². The molecule has 5 heteroatoms. The highest BCUT2D eigenvalue weighted by atomic mass is 16.5. The van der Waals surface area contributed by atoms with Crippen molar-refractivity contribution in [1.82, 2.24) is 5.32 Å². The summed E-state index contributed by atoms with van der Waals surface area (Å²) in [6.07, 6.45) is -0.322. The molecule has 0 fully saturated rings. The highest BCUT2D eigenvalue weighted by molar-refractivity contribution is 5.79. The first-order valence-corrected chi connectivity index (χ1v) is 5.74. The van der Waals surface area contributed by atoms with Crippen molar-refractivity contribution in [3.63, 3.8) is 0 Å². The molecule has 0 aromatic heterocycles. The Bertz CT molecular complexity index is 417. The van der Waals surface area contributed by atoms with E-state index in [1.165, 1.54) is 0 Å². The summed E-state index contributed by atoms with van der Waals surface area (Å²) in [5, 5.41) is 12.7. The number of aryl methyl sites for hydroxylation is 1. The fourth-order valence-electron chi connectivity index (χ4n) is 1.37. The van der Waals surface area contributed by atoms with Crippen LogP contribution in [0.4, 0.5) is 0 Å². The second kappa shape index (κ2) is 7.32. The first-order valence-electron chi connectivity index (χ1n) is 5.74. The predicted octanol–water partition coefficient (Wildman–Crippen LogP) is 0.0201. The molecule has 0 heterocycles. The Morgan fingerprint density at radius 1 is 1.28 bits per heavy atom. The number of carboxylic acids is 1. The van der Waals surface area contributed by atoms with E-state index in [0.29, 0.717) is 13.2 Å². The van der Waals surface area contributed by atoms with E-state index >= 15 is 0 Å². The Balaban J connectivity index is 2.17. The van der Waals surface area contributed by atoms with Gasteiger partial charge in [0.15, 0.2) is 0 Å². The van der Waals surface area contributed by atoms with Crippen LogP contribution in [0.5, 0.6) is 5.75 Å². The van der Waals surface area contributed by atoms with Gasteiger partial charge >= 0.3 is 0 Å². The molecule has 0 aliphatic heterocycles. The van der Waals surface area contributed by atoms with Crippen LogP contribution in [0.2, 0.25) is 0 Å². The van der Waals surface area contributed by atoms with Gasteiger partial charge < -0.3 is 20.0 Å². The summed E-state index contributed by atoms with van der Waals surface area (Å²) in [5.74, 6) is -0.754. The van der Waals surface area contributed by atoms with Crippen molar-refractivity contribution in [2.24, 2.45) is 0 Å². The number of benzene rings is 1. The molecule has 0 spiro atoms. The standard InChI is InChI=1S/C13H17NO4/c1-10-4-2-3-5-11(10)18-9-8-14-12(15)6-7-13(16)17/h2-5H,6-9H2,1H3,(H,14,15)(H,16,17)/p-1. The third-order valence-corrected chi connectivity index (χ3v) is 2.33. The molecular weight excluding hydrogens is 234 g/mol. The second-order valence-electron chi connectivity index (χ2n) is 3.84. The topological polar surface area (TPSA) is 78.5 Å². The molecule has 5 nitrogen and oxygen atoms in total. The maximum Gasteiger partial charge on any atom is 0.220 e. The number of para-hydroxylation sites is 1. The highest BCUT2D eigenvalue weighted by Crippen LogP contribution is 2.15. The Hall–Kier alpha value is -2.04. The number of amides is 1. The van der Waals surface area contributed by atoms with Crippen LogP contribution >= 0.6 is 0 Å². The van der Waals surface area contributed by atoms with Crippen molar-refractivity contribution >= 4 is 11.9 Å². The Kier molecular flexibility index (Phi) is 5.70. The molecule has 1 aromatic carbocycles. The maximum atomic E-state index is 11.2. The SMILES string of the molecule is Cc1ccccc1OCCNC(=O)CCC(=O)[O-]. The molecule has 1 aromatic rings. The van der Waals surface area contributed by atoms with Gasteiger partial charge in [-0.25, -0.2) is 0 Å². The summed E-state index contributed by atoms with van der Waals surface area (Å²) in [6, 6.07) is 7.59. The number of nitrogens with one attached hydrogen (secondary N) is 1. The summed E-state index contributed by atoms with van der Waals surface area (Å²) in [5.41, 5.74) is 1.03. The van der Waals surface area contributed by atoms with Crippen molar-refractivity contribution in [2.75, 3.05) is 13.2 Å². The molecule has 1 N–H and O–H groups in total. The van der Waals surface area contributed by atoms with E-state index in [0.717, 1.165) is 11.3 Å². The highest BCUT2D eigenvalue weighted by Gasteiger charge is 2.01. The zero-order chi connectivity index (χ0) is 13.4. The normalized spacial score (nSPS) is 9.83. The molecule has 1 amide bonds. The number of carbonyl (C=O) groups is 2. The first-order chi connectivity index (χ1) is 8.59. The molecule has 18 heavy (non-hydrogen) atoms. The molecule has 0 unspecified atom stereocenters. The number of ether oxygens (including phenoxy) is 1. The minimum Gasteiger partial charge on any atom is -0.550 e. The second-order valence-corrected chi connectivity index (χ2v) is 3.84. The minimum atomic E-state index is -1.22. The fraction of sp³-hybridized carbons (Fsp3) is 0.385. The fourth-order valence-corrected chi connectivity index (χ4v) is 1.37. The van der Waals surface area contributed by atoms with Gasteiger partial charge in [-0.1, -0.05) is 18.2 Å². The van der Waals surface area contributed by atoms with Gasteiger partial charge in [-0.15, -0.1) is 0 Å². The van der Waals surface area contributed by atoms with Crippen LogP contribution in [-0.4, -0.2) is 25.0 Å². The van der Waals surface area contributed by atoms with E-state index in [1.807, 2.05) is 31.2 Å². The molecule has 98 valence electrons.